The minimum Gasteiger partial charge on any atom is -0.369 e. The predicted molar refractivity (Wildman–Crippen MR) is 107 cm³/mol. The molecule has 2 aliphatic rings. The molecule has 1 unspecified atom stereocenters. The molecular weight excluding hydrogens is 320 g/mol. The Labute approximate surface area is 156 Å². The Bertz CT molecular complexity index is 764. The van der Waals surface area contributed by atoms with Crippen LogP contribution < -0.4 is 10.2 Å². The van der Waals surface area contributed by atoms with Gasteiger partial charge in [0.1, 0.15) is 0 Å². The lowest BCUT2D eigenvalue weighted by Gasteiger charge is -2.20. The van der Waals surface area contributed by atoms with E-state index in [1.807, 2.05) is 0 Å². The van der Waals surface area contributed by atoms with Crippen LogP contribution in [0.25, 0.3) is 0 Å². The van der Waals surface area contributed by atoms with Gasteiger partial charge in [0.05, 0.1) is 0 Å². The summed E-state index contributed by atoms with van der Waals surface area (Å²) in [4.78, 5) is 14.9. The molecule has 136 valence electrons. The summed E-state index contributed by atoms with van der Waals surface area (Å²) >= 11 is 0. The van der Waals surface area contributed by atoms with Crippen LogP contribution >= 0.6 is 0 Å². The molecule has 0 aromatic heterocycles. The molecule has 2 aromatic rings. The smallest absolute Gasteiger partial charge is 0.220 e. The van der Waals surface area contributed by atoms with Crippen molar-refractivity contribution in [3.8, 4) is 0 Å². The van der Waals surface area contributed by atoms with Crippen LogP contribution in [0.2, 0.25) is 0 Å². The van der Waals surface area contributed by atoms with Gasteiger partial charge < -0.3 is 10.2 Å². The molecule has 1 fully saturated rings. The van der Waals surface area contributed by atoms with Crippen LogP contribution in [-0.4, -0.2) is 25.5 Å². The lowest BCUT2D eigenvalue weighted by atomic mass is 9.90. The fourth-order valence-electron chi connectivity index (χ4n) is 4.11. The van der Waals surface area contributed by atoms with Gasteiger partial charge in [0.25, 0.3) is 0 Å². The van der Waals surface area contributed by atoms with E-state index >= 15 is 0 Å². The standard InChI is InChI=1S/C23H28N2O/c1-17-6-8-18(9-7-17)21(19-10-11-19)16-23(26)24-13-15-25-14-12-20-4-2-3-5-22(20)25/h2-9,19,21H,10-16H2,1H3,(H,24,26). The van der Waals surface area contributed by atoms with Crippen molar-refractivity contribution < 1.29 is 4.79 Å². The topological polar surface area (TPSA) is 32.3 Å². The average molecular weight is 348 g/mol. The van der Waals surface area contributed by atoms with E-state index in [2.05, 4.69) is 65.7 Å². The summed E-state index contributed by atoms with van der Waals surface area (Å²) < 4.78 is 0. The summed E-state index contributed by atoms with van der Waals surface area (Å²) in [7, 11) is 0. The Hall–Kier alpha value is -2.29. The maximum Gasteiger partial charge on any atom is 0.220 e. The summed E-state index contributed by atoms with van der Waals surface area (Å²) in [5.74, 6) is 1.26. The lowest BCUT2D eigenvalue weighted by molar-refractivity contribution is -0.121. The molecule has 0 spiro atoms. The van der Waals surface area contributed by atoms with Gasteiger partial charge in [0.2, 0.25) is 5.91 Å². The molecule has 1 heterocycles. The zero-order valence-electron chi connectivity index (χ0n) is 15.6. The van der Waals surface area contributed by atoms with Crippen molar-refractivity contribution in [2.45, 2.75) is 38.5 Å². The number of hydrogen-bond acceptors (Lipinski definition) is 2. The third-order valence-corrected chi connectivity index (χ3v) is 5.79. The van der Waals surface area contributed by atoms with Gasteiger partial charge in [-0.3, -0.25) is 4.79 Å². The Morgan fingerprint density at radius 1 is 1.15 bits per heavy atom. The summed E-state index contributed by atoms with van der Waals surface area (Å²) in [5.41, 5.74) is 5.35. The van der Waals surface area contributed by atoms with Gasteiger partial charge in [0, 0.05) is 31.7 Å². The number of rotatable bonds is 7. The maximum atomic E-state index is 12.5. The number of aryl methyl sites for hydroxylation is 1. The summed E-state index contributed by atoms with van der Waals surface area (Å²) in [6.45, 7) is 4.78. The summed E-state index contributed by atoms with van der Waals surface area (Å²) in [6, 6.07) is 17.3. The number of carbonyl (C=O) groups is 1. The number of anilines is 1. The van der Waals surface area contributed by atoms with Gasteiger partial charge in [-0.2, -0.15) is 0 Å². The average Bonchev–Trinajstić information content (AvgIpc) is 3.42. The van der Waals surface area contributed by atoms with Crippen LogP contribution in [0, 0.1) is 12.8 Å². The van der Waals surface area contributed by atoms with E-state index in [1.54, 1.807) is 0 Å². The van der Waals surface area contributed by atoms with E-state index in [-0.39, 0.29) is 5.91 Å². The molecule has 1 aliphatic carbocycles. The highest BCUT2D eigenvalue weighted by atomic mass is 16.1. The number of para-hydroxylation sites is 1. The predicted octanol–water partition coefficient (Wildman–Crippen LogP) is 4.06. The molecule has 1 aliphatic heterocycles. The first-order chi connectivity index (χ1) is 12.7. The third kappa shape index (κ3) is 3.92. The summed E-state index contributed by atoms with van der Waals surface area (Å²) in [5, 5.41) is 3.15. The van der Waals surface area contributed by atoms with E-state index in [4.69, 9.17) is 0 Å². The van der Waals surface area contributed by atoms with Crippen molar-refractivity contribution in [2.24, 2.45) is 5.92 Å². The molecular formula is C23H28N2O. The third-order valence-electron chi connectivity index (χ3n) is 5.79. The number of carbonyl (C=O) groups excluding carboxylic acids is 1. The number of amides is 1. The van der Waals surface area contributed by atoms with Crippen molar-refractivity contribution in [3.63, 3.8) is 0 Å². The van der Waals surface area contributed by atoms with Gasteiger partial charge in [-0.05, 0) is 55.2 Å². The van der Waals surface area contributed by atoms with Crippen LogP contribution in [-0.2, 0) is 11.2 Å². The van der Waals surface area contributed by atoms with E-state index in [9.17, 15) is 4.79 Å². The summed E-state index contributed by atoms with van der Waals surface area (Å²) in [6.07, 6.45) is 4.25. The van der Waals surface area contributed by atoms with Crippen LogP contribution in [0.15, 0.2) is 48.5 Å². The fraction of sp³-hybridized carbons (Fsp3) is 0.435. The molecule has 1 atom stereocenters. The molecule has 3 nitrogen and oxygen atoms in total. The maximum absolute atomic E-state index is 12.5. The zero-order valence-corrected chi connectivity index (χ0v) is 15.6. The highest BCUT2D eigenvalue weighted by Crippen LogP contribution is 2.44. The van der Waals surface area contributed by atoms with Crippen LogP contribution in [0.5, 0.6) is 0 Å². The van der Waals surface area contributed by atoms with Gasteiger partial charge in [-0.25, -0.2) is 0 Å². The number of hydrogen-bond donors (Lipinski definition) is 1. The monoisotopic (exact) mass is 348 g/mol. The molecule has 1 amide bonds. The van der Waals surface area contributed by atoms with E-state index in [0.717, 1.165) is 26.1 Å². The molecule has 1 N–H and O–H groups in total. The van der Waals surface area contributed by atoms with Crippen LogP contribution in [0.3, 0.4) is 0 Å². The molecule has 1 saturated carbocycles. The molecule has 0 bridgehead atoms. The Balaban J connectivity index is 1.29. The van der Waals surface area contributed by atoms with E-state index in [0.29, 0.717) is 18.3 Å². The van der Waals surface area contributed by atoms with Crippen LogP contribution in [0.1, 0.15) is 41.9 Å². The minimum atomic E-state index is 0.190. The molecule has 4 rings (SSSR count). The van der Waals surface area contributed by atoms with Crippen molar-refractivity contribution in [2.75, 3.05) is 24.5 Å². The van der Waals surface area contributed by atoms with E-state index in [1.165, 1.54) is 35.2 Å². The van der Waals surface area contributed by atoms with Crippen LogP contribution in [0.4, 0.5) is 5.69 Å². The van der Waals surface area contributed by atoms with Crippen molar-refractivity contribution >= 4 is 11.6 Å². The fourth-order valence-corrected chi connectivity index (χ4v) is 4.11. The largest absolute Gasteiger partial charge is 0.369 e. The second-order valence-corrected chi connectivity index (χ2v) is 7.77. The molecule has 3 heteroatoms. The first-order valence-electron chi connectivity index (χ1n) is 9.87. The van der Waals surface area contributed by atoms with E-state index < -0.39 is 0 Å². The number of nitrogens with one attached hydrogen (secondary N) is 1. The number of fused-ring (bicyclic) bond motifs is 1. The highest BCUT2D eigenvalue weighted by molar-refractivity contribution is 5.77. The Morgan fingerprint density at radius 2 is 1.92 bits per heavy atom. The number of nitrogens with zero attached hydrogens (tertiary/aromatic N) is 1. The molecule has 2 aromatic carbocycles. The second-order valence-electron chi connectivity index (χ2n) is 7.77. The normalized spacial score (nSPS) is 17.0. The second kappa shape index (κ2) is 7.53. The zero-order chi connectivity index (χ0) is 17.9. The SMILES string of the molecule is Cc1ccc(C(CC(=O)NCCN2CCc3ccccc32)C2CC2)cc1. The van der Waals surface area contributed by atoms with Gasteiger partial charge >= 0.3 is 0 Å². The molecule has 0 radical (unpaired) electrons. The lowest BCUT2D eigenvalue weighted by Crippen LogP contribution is -2.34. The van der Waals surface area contributed by atoms with Gasteiger partial charge in [-0.1, -0.05) is 48.0 Å². The highest BCUT2D eigenvalue weighted by Gasteiger charge is 2.33. The first-order valence-corrected chi connectivity index (χ1v) is 9.87. The van der Waals surface area contributed by atoms with Crippen molar-refractivity contribution in [1.82, 2.24) is 5.32 Å². The van der Waals surface area contributed by atoms with Gasteiger partial charge in [-0.15, -0.1) is 0 Å². The van der Waals surface area contributed by atoms with Crippen molar-refractivity contribution in [1.29, 1.82) is 0 Å². The first kappa shape index (κ1) is 17.1. The quantitative estimate of drug-likeness (QED) is 0.818. The Kier molecular flexibility index (Phi) is 4.96. The minimum absolute atomic E-state index is 0.190. The molecule has 26 heavy (non-hydrogen) atoms. The van der Waals surface area contributed by atoms with Crippen molar-refractivity contribution in [3.05, 3.63) is 65.2 Å². The Morgan fingerprint density at radius 3 is 2.69 bits per heavy atom. The molecule has 0 saturated heterocycles. The number of benzene rings is 2. The van der Waals surface area contributed by atoms with Gasteiger partial charge in [0.15, 0.2) is 0 Å².